The standard InChI is InChI=1S/C10H17NO4/c1-9(2,3)15-8(13)11-10(5-6-10)7(12)14-4/h5-6H2,1-4H3,(H,11,13). The van der Waals surface area contributed by atoms with Gasteiger partial charge >= 0.3 is 12.1 Å². The van der Waals surface area contributed by atoms with Crippen LogP contribution in [0.4, 0.5) is 4.79 Å². The minimum absolute atomic E-state index is 0.409. The van der Waals surface area contributed by atoms with Gasteiger partial charge in [0, 0.05) is 0 Å². The van der Waals surface area contributed by atoms with E-state index in [2.05, 4.69) is 10.1 Å². The summed E-state index contributed by atoms with van der Waals surface area (Å²) in [4.78, 5) is 22.7. The molecule has 1 aliphatic carbocycles. The molecule has 0 aromatic heterocycles. The zero-order valence-electron chi connectivity index (χ0n) is 9.55. The first-order chi connectivity index (χ1) is 6.79. The highest BCUT2D eigenvalue weighted by molar-refractivity contribution is 5.88. The highest BCUT2D eigenvalue weighted by Crippen LogP contribution is 2.36. The Morgan fingerprint density at radius 3 is 2.13 bits per heavy atom. The minimum atomic E-state index is -0.836. The monoisotopic (exact) mass is 215 g/mol. The summed E-state index contributed by atoms with van der Waals surface area (Å²) >= 11 is 0. The molecule has 0 atom stereocenters. The Hall–Kier alpha value is -1.26. The number of nitrogens with one attached hydrogen (secondary N) is 1. The lowest BCUT2D eigenvalue weighted by atomic mass is 10.2. The van der Waals surface area contributed by atoms with Gasteiger partial charge in [-0.05, 0) is 33.6 Å². The average molecular weight is 215 g/mol. The summed E-state index contributed by atoms with van der Waals surface area (Å²) in [6.45, 7) is 5.30. The highest BCUT2D eigenvalue weighted by atomic mass is 16.6. The normalized spacial score (nSPS) is 17.9. The molecular weight excluding hydrogens is 198 g/mol. The number of carbonyl (C=O) groups excluding carboxylic acids is 2. The van der Waals surface area contributed by atoms with Crippen LogP contribution in [-0.2, 0) is 14.3 Å². The van der Waals surface area contributed by atoms with Crippen molar-refractivity contribution in [3.63, 3.8) is 0 Å². The molecule has 1 N–H and O–H groups in total. The number of methoxy groups -OCH3 is 1. The Morgan fingerprint density at radius 2 is 1.80 bits per heavy atom. The van der Waals surface area contributed by atoms with Crippen LogP contribution < -0.4 is 5.32 Å². The maximum absolute atomic E-state index is 11.4. The first kappa shape index (κ1) is 11.8. The molecule has 0 aromatic rings. The summed E-state index contributed by atoms with van der Waals surface area (Å²) in [5, 5.41) is 2.54. The molecule has 0 unspecified atom stereocenters. The van der Waals surface area contributed by atoms with Crippen LogP contribution in [0.3, 0.4) is 0 Å². The maximum Gasteiger partial charge on any atom is 0.408 e. The third-order valence-corrected chi connectivity index (χ3v) is 2.07. The molecular formula is C10H17NO4. The fourth-order valence-corrected chi connectivity index (χ4v) is 1.20. The fourth-order valence-electron chi connectivity index (χ4n) is 1.20. The predicted octanol–water partition coefficient (Wildman–Crippen LogP) is 1.22. The molecule has 0 radical (unpaired) electrons. The lowest BCUT2D eigenvalue weighted by Crippen LogP contribution is -2.46. The Morgan fingerprint density at radius 1 is 1.27 bits per heavy atom. The van der Waals surface area contributed by atoms with E-state index in [9.17, 15) is 9.59 Å². The van der Waals surface area contributed by atoms with Crippen molar-refractivity contribution in [2.45, 2.75) is 44.8 Å². The molecule has 0 aromatic carbocycles. The molecule has 0 heterocycles. The molecule has 0 saturated heterocycles. The molecule has 0 aliphatic heterocycles. The van der Waals surface area contributed by atoms with Crippen LogP contribution in [-0.4, -0.2) is 30.3 Å². The topological polar surface area (TPSA) is 64.6 Å². The van der Waals surface area contributed by atoms with E-state index in [4.69, 9.17) is 4.74 Å². The van der Waals surface area contributed by atoms with Crippen molar-refractivity contribution in [3.8, 4) is 0 Å². The smallest absolute Gasteiger partial charge is 0.408 e. The van der Waals surface area contributed by atoms with Crippen molar-refractivity contribution in [2.24, 2.45) is 0 Å². The van der Waals surface area contributed by atoms with Crippen molar-refractivity contribution in [3.05, 3.63) is 0 Å². The third kappa shape index (κ3) is 3.11. The summed E-state index contributed by atoms with van der Waals surface area (Å²) in [6, 6.07) is 0. The van der Waals surface area contributed by atoms with Crippen LogP contribution in [0.2, 0.25) is 0 Å². The second kappa shape index (κ2) is 3.72. The van der Waals surface area contributed by atoms with E-state index in [1.165, 1.54) is 7.11 Å². The molecule has 0 spiro atoms. The Labute approximate surface area is 89.1 Å². The van der Waals surface area contributed by atoms with Gasteiger partial charge in [0.05, 0.1) is 7.11 Å². The molecule has 15 heavy (non-hydrogen) atoms. The molecule has 1 fully saturated rings. The first-order valence-corrected chi connectivity index (χ1v) is 4.89. The van der Waals surface area contributed by atoms with Gasteiger partial charge in [0.2, 0.25) is 0 Å². The molecule has 86 valence electrons. The highest BCUT2D eigenvalue weighted by Gasteiger charge is 2.53. The third-order valence-electron chi connectivity index (χ3n) is 2.07. The minimum Gasteiger partial charge on any atom is -0.467 e. The van der Waals surface area contributed by atoms with Crippen LogP contribution in [0.15, 0.2) is 0 Å². The number of alkyl carbamates (subject to hydrolysis) is 1. The molecule has 1 aliphatic rings. The van der Waals surface area contributed by atoms with Crippen LogP contribution in [0.25, 0.3) is 0 Å². The molecule has 1 amide bonds. The first-order valence-electron chi connectivity index (χ1n) is 4.89. The van der Waals surface area contributed by atoms with Gasteiger partial charge in [-0.1, -0.05) is 0 Å². The van der Waals surface area contributed by atoms with Gasteiger partial charge in [-0.15, -0.1) is 0 Å². The Bertz CT molecular complexity index is 276. The molecule has 5 heteroatoms. The van der Waals surface area contributed by atoms with Gasteiger partial charge < -0.3 is 14.8 Å². The zero-order valence-corrected chi connectivity index (χ0v) is 9.55. The number of amides is 1. The van der Waals surface area contributed by atoms with E-state index < -0.39 is 23.2 Å². The second-order valence-electron chi connectivity index (χ2n) is 4.70. The van der Waals surface area contributed by atoms with Gasteiger partial charge in [-0.2, -0.15) is 0 Å². The van der Waals surface area contributed by atoms with Crippen molar-refractivity contribution in [1.29, 1.82) is 0 Å². The van der Waals surface area contributed by atoms with E-state index in [1.54, 1.807) is 20.8 Å². The number of rotatable bonds is 2. The summed E-state index contributed by atoms with van der Waals surface area (Å²) in [5.74, 6) is -0.409. The van der Waals surface area contributed by atoms with Crippen LogP contribution in [0.5, 0.6) is 0 Å². The van der Waals surface area contributed by atoms with E-state index in [-0.39, 0.29) is 0 Å². The predicted molar refractivity (Wildman–Crippen MR) is 53.4 cm³/mol. The molecule has 0 bridgehead atoms. The van der Waals surface area contributed by atoms with Crippen molar-refractivity contribution in [1.82, 2.24) is 5.32 Å². The zero-order chi connectivity index (χ0) is 11.7. The van der Waals surface area contributed by atoms with Crippen LogP contribution in [0, 0.1) is 0 Å². The van der Waals surface area contributed by atoms with Gasteiger partial charge in [-0.25, -0.2) is 9.59 Å². The SMILES string of the molecule is COC(=O)C1(NC(=O)OC(C)(C)C)CC1. The summed E-state index contributed by atoms with van der Waals surface area (Å²) in [6.07, 6.45) is 0.642. The summed E-state index contributed by atoms with van der Waals surface area (Å²) in [5.41, 5.74) is -1.40. The molecule has 1 rings (SSSR count). The van der Waals surface area contributed by atoms with Gasteiger partial charge in [0.15, 0.2) is 0 Å². The summed E-state index contributed by atoms with van der Waals surface area (Å²) in [7, 11) is 1.30. The Balaban J connectivity index is 2.49. The quantitative estimate of drug-likeness (QED) is 0.703. The van der Waals surface area contributed by atoms with Crippen molar-refractivity contribution < 1.29 is 19.1 Å². The maximum atomic E-state index is 11.4. The van der Waals surface area contributed by atoms with Crippen molar-refractivity contribution >= 4 is 12.1 Å². The lowest BCUT2D eigenvalue weighted by Gasteiger charge is -2.22. The van der Waals surface area contributed by atoms with Gasteiger partial charge in [0.1, 0.15) is 11.1 Å². The largest absolute Gasteiger partial charge is 0.467 e. The van der Waals surface area contributed by atoms with E-state index >= 15 is 0 Å². The molecule has 5 nitrogen and oxygen atoms in total. The van der Waals surface area contributed by atoms with Gasteiger partial charge in [0.25, 0.3) is 0 Å². The number of hydrogen-bond donors (Lipinski definition) is 1. The lowest BCUT2D eigenvalue weighted by molar-refractivity contribution is -0.144. The van der Waals surface area contributed by atoms with Crippen molar-refractivity contribution in [2.75, 3.05) is 7.11 Å². The van der Waals surface area contributed by atoms with Crippen LogP contribution in [0.1, 0.15) is 33.6 Å². The van der Waals surface area contributed by atoms with Crippen LogP contribution >= 0.6 is 0 Å². The fraction of sp³-hybridized carbons (Fsp3) is 0.800. The number of carbonyl (C=O) groups is 2. The Kier molecular flexibility index (Phi) is 2.93. The average Bonchev–Trinajstić information content (AvgIpc) is 2.80. The second-order valence-corrected chi connectivity index (χ2v) is 4.70. The summed E-state index contributed by atoms with van der Waals surface area (Å²) < 4.78 is 9.65. The van der Waals surface area contributed by atoms with Gasteiger partial charge in [-0.3, -0.25) is 0 Å². The van der Waals surface area contributed by atoms with E-state index in [0.717, 1.165) is 0 Å². The number of esters is 1. The molecule has 1 saturated carbocycles. The van der Waals surface area contributed by atoms with E-state index in [1.807, 2.05) is 0 Å². The number of hydrogen-bond acceptors (Lipinski definition) is 4. The number of ether oxygens (including phenoxy) is 2. The van der Waals surface area contributed by atoms with E-state index in [0.29, 0.717) is 12.8 Å².